The Bertz CT molecular complexity index is 740. The molecule has 1 amide bonds. The highest BCUT2D eigenvalue weighted by Crippen LogP contribution is 2.31. The molecule has 1 aliphatic heterocycles. The standard InChI is InChI=1S/C17H18N4OS/c1-11-12(2)23-16(20-11)14-4-3-7-21(10-14)17(22)15-6-5-13(8-18)9-19-15/h5-6,9,14H,3-4,7,10H2,1-2H3/t14-/m1/s1. The Balaban J connectivity index is 1.74. The summed E-state index contributed by atoms with van der Waals surface area (Å²) >= 11 is 1.73. The molecular formula is C17H18N4OS. The molecule has 6 heteroatoms. The van der Waals surface area contributed by atoms with Crippen molar-refractivity contribution in [2.45, 2.75) is 32.6 Å². The number of aromatic nitrogens is 2. The third-order valence-corrected chi connectivity index (χ3v) is 5.45. The monoisotopic (exact) mass is 326 g/mol. The van der Waals surface area contributed by atoms with Crippen LogP contribution in [0.25, 0.3) is 0 Å². The van der Waals surface area contributed by atoms with E-state index in [1.165, 1.54) is 11.1 Å². The molecule has 2 aromatic heterocycles. The lowest BCUT2D eigenvalue weighted by atomic mass is 9.98. The number of piperidine rings is 1. The summed E-state index contributed by atoms with van der Waals surface area (Å²) in [4.78, 5) is 24.5. The van der Waals surface area contributed by atoms with E-state index in [1.54, 1.807) is 23.5 Å². The first-order valence-corrected chi connectivity index (χ1v) is 8.49. The number of rotatable bonds is 2. The van der Waals surface area contributed by atoms with Crippen molar-refractivity contribution in [3.63, 3.8) is 0 Å². The number of amides is 1. The van der Waals surface area contributed by atoms with Gasteiger partial charge in [-0.25, -0.2) is 9.97 Å². The third kappa shape index (κ3) is 3.25. The highest BCUT2D eigenvalue weighted by molar-refractivity contribution is 7.11. The second-order valence-corrected chi connectivity index (χ2v) is 7.06. The lowest BCUT2D eigenvalue weighted by Gasteiger charge is -2.31. The molecule has 1 atom stereocenters. The fourth-order valence-corrected chi connectivity index (χ4v) is 3.83. The minimum absolute atomic E-state index is 0.0656. The number of carbonyl (C=O) groups excluding carboxylic acids is 1. The first-order chi connectivity index (χ1) is 11.1. The van der Waals surface area contributed by atoms with Crippen LogP contribution in [0.5, 0.6) is 0 Å². The smallest absolute Gasteiger partial charge is 0.272 e. The molecule has 1 fully saturated rings. The van der Waals surface area contributed by atoms with Crippen LogP contribution in [-0.4, -0.2) is 33.9 Å². The number of thiazole rings is 1. The van der Waals surface area contributed by atoms with Gasteiger partial charge >= 0.3 is 0 Å². The fourth-order valence-electron chi connectivity index (χ4n) is 2.78. The zero-order valence-electron chi connectivity index (χ0n) is 13.2. The average molecular weight is 326 g/mol. The first-order valence-electron chi connectivity index (χ1n) is 7.68. The molecule has 0 saturated carbocycles. The summed E-state index contributed by atoms with van der Waals surface area (Å²) in [5.41, 5.74) is 1.95. The highest BCUT2D eigenvalue weighted by Gasteiger charge is 2.28. The van der Waals surface area contributed by atoms with Crippen LogP contribution in [0.15, 0.2) is 18.3 Å². The lowest BCUT2D eigenvalue weighted by Crippen LogP contribution is -2.39. The molecular weight excluding hydrogens is 308 g/mol. The number of likely N-dealkylation sites (tertiary alicyclic amines) is 1. The Morgan fingerprint density at radius 2 is 2.26 bits per heavy atom. The molecule has 0 radical (unpaired) electrons. The SMILES string of the molecule is Cc1nc([C@@H]2CCCN(C(=O)c3ccc(C#N)cn3)C2)sc1C. The number of carbonyl (C=O) groups is 1. The van der Waals surface area contributed by atoms with Gasteiger partial charge in [0.05, 0.1) is 16.3 Å². The van der Waals surface area contributed by atoms with Crippen LogP contribution in [0.3, 0.4) is 0 Å². The molecule has 1 saturated heterocycles. The molecule has 0 N–H and O–H groups in total. The maximum Gasteiger partial charge on any atom is 0.272 e. The van der Waals surface area contributed by atoms with Gasteiger partial charge in [-0.1, -0.05) is 0 Å². The molecule has 0 bridgehead atoms. The van der Waals surface area contributed by atoms with Crippen LogP contribution < -0.4 is 0 Å². The molecule has 2 aromatic rings. The minimum atomic E-state index is -0.0656. The zero-order chi connectivity index (χ0) is 16.4. The molecule has 0 aromatic carbocycles. The second-order valence-electron chi connectivity index (χ2n) is 5.83. The van der Waals surface area contributed by atoms with Gasteiger partial charge in [0.2, 0.25) is 0 Å². The summed E-state index contributed by atoms with van der Waals surface area (Å²) in [6.45, 7) is 5.55. The van der Waals surface area contributed by atoms with E-state index < -0.39 is 0 Å². The number of hydrogen-bond acceptors (Lipinski definition) is 5. The van der Waals surface area contributed by atoms with E-state index in [1.807, 2.05) is 17.9 Å². The average Bonchev–Trinajstić information content (AvgIpc) is 2.93. The second kappa shape index (κ2) is 6.47. The summed E-state index contributed by atoms with van der Waals surface area (Å²) in [5, 5.41) is 9.94. The molecule has 5 nitrogen and oxygen atoms in total. The third-order valence-electron chi connectivity index (χ3n) is 4.21. The van der Waals surface area contributed by atoms with Crippen molar-refractivity contribution >= 4 is 17.2 Å². The van der Waals surface area contributed by atoms with E-state index in [-0.39, 0.29) is 5.91 Å². The van der Waals surface area contributed by atoms with Gasteiger partial charge in [0.15, 0.2) is 0 Å². The Kier molecular flexibility index (Phi) is 4.39. The van der Waals surface area contributed by atoms with Crippen LogP contribution in [0, 0.1) is 25.2 Å². The largest absolute Gasteiger partial charge is 0.337 e. The molecule has 0 aliphatic carbocycles. The summed E-state index contributed by atoms with van der Waals surface area (Å²) in [6.07, 6.45) is 3.49. The molecule has 23 heavy (non-hydrogen) atoms. The Hall–Kier alpha value is -2.26. The van der Waals surface area contributed by atoms with Gasteiger partial charge < -0.3 is 4.90 Å². The molecule has 0 spiro atoms. The van der Waals surface area contributed by atoms with Crippen LogP contribution in [-0.2, 0) is 0 Å². The molecule has 1 aliphatic rings. The normalized spacial score (nSPS) is 17.8. The van der Waals surface area contributed by atoms with Gasteiger partial charge in [-0.05, 0) is 38.8 Å². The van der Waals surface area contributed by atoms with Gasteiger partial charge in [-0.2, -0.15) is 5.26 Å². The van der Waals surface area contributed by atoms with Crippen molar-refractivity contribution in [1.29, 1.82) is 5.26 Å². The maximum atomic E-state index is 12.6. The van der Waals surface area contributed by atoms with Gasteiger partial charge in [0.25, 0.3) is 5.91 Å². The van der Waals surface area contributed by atoms with Crippen molar-refractivity contribution in [2.24, 2.45) is 0 Å². The maximum absolute atomic E-state index is 12.6. The number of nitriles is 1. The first kappa shape index (κ1) is 15.6. The van der Waals surface area contributed by atoms with Gasteiger partial charge in [0.1, 0.15) is 11.8 Å². The highest BCUT2D eigenvalue weighted by atomic mass is 32.1. The number of pyridine rings is 1. The molecule has 118 valence electrons. The minimum Gasteiger partial charge on any atom is -0.337 e. The van der Waals surface area contributed by atoms with Crippen LogP contribution in [0.4, 0.5) is 0 Å². The fraction of sp³-hybridized carbons (Fsp3) is 0.412. The number of hydrogen-bond donors (Lipinski definition) is 0. The van der Waals surface area contributed by atoms with E-state index in [0.717, 1.165) is 30.1 Å². The predicted octanol–water partition coefficient (Wildman–Crippen LogP) is 3.05. The predicted molar refractivity (Wildman–Crippen MR) is 88.4 cm³/mol. The van der Waals surface area contributed by atoms with E-state index in [9.17, 15) is 4.79 Å². The Labute approximate surface area is 139 Å². The number of aryl methyl sites for hydroxylation is 2. The van der Waals surface area contributed by atoms with E-state index in [4.69, 9.17) is 5.26 Å². The molecule has 3 rings (SSSR count). The van der Waals surface area contributed by atoms with Crippen molar-refractivity contribution in [2.75, 3.05) is 13.1 Å². The van der Waals surface area contributed by atoms with Gasteiger partial charge in [-0.15, -0.1) is 11.3 Å². The summed E-state index contributed by atoms with van der Waals surface area (Å²) in [7, 11) is 0. The Morgan fingerprint density at radius 3 is 2.87 bits per heavy atom. The number of nitrogens with zero attached hydrogens (tertiary/aromatic N) is 4. The Morgan fingerprint density at radius 1 is 1.43 bits per heavy atom. The van der Waals surface area contributed by atoms with Crippen molar-refractivity contribution < 1.29 is 4.79 Å². The molecule has 0 unspecified atom stereocenters. The molecule has 3 heterocycles. The van der Waals surface area contributed by atoms with Gasteiger partial charge in [0, 0.05) is 30.1 Å². The van der Waals surface area contributed by atoms with Gasteiger partial charge in [-0.3, -0.25) is 4.79 Å². The van der Waals surface area contributed by atoms with Crippen LogP contribution in [0.2, 0.25) is 0 Å². The van der Waals surface area contributed by atoms with Crippen molar-refractivity contribution in [1.82, 2.24) is 14.9 Å². The van der Waals surface area contributed by atoms with E-state index in [2.05, 4.69) is 16.9 Å². The van der Waals surface area contributed by atoms with Crippen LogP contribution >= 0.6 is 11.3 Å². The lowest BCUT2D eigenvalue weighted by molar-refractivity contribution is 0.0701. The van der Waals surface area contributed by atoms with E-state index in [0.29, 0.717) is 23.7 Å². The summed E-state index contributed by atoms with van der Waals surface area (Å²) in [5.74, 6) is 0.243. The van der Waals surface area contributed by atoms with Crippen LogP contribution in [0.1, 0.15) is 50.4 Å². The summed E-state index contributed by atoms with van der Waals surface area (Å²) in [6, 6.07) is 5.28. The zero-order valence-corrected chi connectivity index (χ0v) is 14.1. The quantitative estimate of drug-likeness (QED) is 0.850. The van der Waals surface area contributed by atoms with Crippen molar-refractivity contribution in [3.8, 4) is 6.07 Å². The summed E-state index contributed by atoms with van der Waals surface area (Å²) < 4.78 is 0. The van der Waals surface area contributed by atoms with Crippen molar-refractivity contribution in [3.05, 3.63) is 45.2 Å². The topological polar surface area (TPSA) is 69.9 Å². The van der Waals surface area contributed by atoms with E-state index >= 15 is 0 Å².